The van der Waals surface area contributed by atoms with E-state index in [1.807, 2.05) is 0 Å². The normalized spacial score (nSPS) is 14.4. The molecule has 0 aliphatic carbocycles. The minimum absolute atomic E-state index is 0.336. The van der Waals surface area contributed by atoms with E-state index >= 15 is 0 Å². The summed E-state index contributed by atoms with van der Waals surface area (Å²) in [4.78, 5) is 19.5. The van der Waals surface area contributed by atoms with E-state index in [4.69, 9.17) is 9.63 Å². The quantitative estimate of drug-likeness (QED) is 0.307. The Balaban J connectivity index is 3.27. The van der Waals surface area contributed by atoms with Crippen molar-refractivity contribution < 1.29 is 19.0 Å². The number of unbranched alkanes of at least 4 members (excludes halogenated alkanes) is 2. The Kier molecular flexibility index (Phi) is 6.50. The smallest absolute Gasteiger partial charge is 0.330 e. The summed E-state index contributed by atoms with van der Waals surface area (Å²) in [7, 11) is -2.86. The molecule has 1 atom stereocenters. The summed E-state index contributed by atoms with van der Waals surface area (Å²) in [6.07, 6.45) is 3.66. The third-order valence-electron chi connectivity index (χ3n) is 1.63. The molecule has 1 unspecified atom stereocenters. The van der Waals surface area contributed by atoms with Crippen molar-refractivity contribution in [2.24, 2.45) is 0 Å². The van der Waals surface area contributed by atoms with Crippen LogP contribution in [0.15, 0.2) is 12.7 Å². The summed E-state index contributed by atoms with van der Waals surface area (Å²) in [6.45, 7) is 4.97. The van der Waals surface area contributed by atoms with Crippen LogP contribution in [0.3, 0.4) is 0 Å². The lowest BCUT2D eigenvalue weighted by Gasteiger charge is -2.04. The van der Waals surface area contributed by atoms with Crippen LogP contribution >= 0.6 is 7.37 Å². The Bertz CT molecular complexity index is 231. The molecule has 0 aliphatic heterocycles. The molecule has 0 saturated heterocycles. The van der Waals surface area contributed by atoms with Gasteiger partial charge >= 0.3 is 5.97 Å². The van der Waals surface area contributed by atoms with Crippen molar-refractivity contribution in [2.45, 2.75) is 19.3 Å². The summed E-state index contributed by atoms with van der Waals surface area (Å²) in [5, 5.41) is 0. The molecular formula is C9H17O4P. The minimum atomic E-state index is -2.86. The SMILES string of the molecule is C=CC(=O)OCCCCCP(C)(=O)O. The van der Waals surface area contributed by atoms with Gasteiger partial charge in [-0.3, -0.25) is 4.57 Å². The molecule has 0 fully saturated rings. The predicted molar refractivity (Wildman–Crippen MR) is 55.6 cm³/mol. The van der Waals surface area contributed by atoms with Crippen molar-refractivity contribution in [3.63, 3.8) is 0 Å². The fraction of sp³-hybridized carbons (Fsp3) is 0.667. The fourth-order valence-corrected chi connectivity index (χ4v) is 1.73. The Morgan fingerprint density at radius 1 is 1.50 bits per heavy atom. The molecule has 0 saturated carbocycles. The number of ether oxygens (including phenoxy) is 1. The van der Waals surface area contributed by atoms with E-state index in [1.165, 1.54) is 6.66 Å². The molecule has 82 valence electrons. The lowest BCUT2D eigenvalue weighted by atomic mass is 10.3. The largest absolute Gasteiger partial charge is 0.463 e. The van der Waals surface area contributed by atoms with E-state index < -0.39 is 13.3 Å². The van der Waals surface area contributed by atoms with Crippen LogP contribution in [0.1, 0.15) is 19.3 Å². The Morgan fingerprint density at radius 2 is 2.14 bits per heavy atom. The zero-order chi connectivity index (χ0) is 11.0. The van der Waals surface area contributed by atoms with Gasteiger partial charge in [-0.2, -0.15) is 0 Å². The monoisotopic (exact) mass is 220 g/mol. The van der Waals surface area contributed by atoms with E-state index in [0.717, 1.165) is 18.9 Å². The molecule has 1 N–H and O–H groups in total. The van der Waals surface area contributed by atoms with Crippen molar-refractivity contribution in [3.8, 4) is 0 Å². The van der Waals surface area contributed by atoms with Crippen molar-refractivity contribution in [3.05, 3.63) is 12.7 Å². The van der Waals surface area contributed by atoms with Gasteiger partial charge in [0.2, 0.25) is 0 Å². The van der Waals surface area contributed by atoms with Crippen molar-refractivity contribution >= 4 is 13.3 Å². The van der Waals surface area contributed by atoms with Crippen molar-refractivity contribution in [1.29, 1.82) is 0 Å². The van der Waals surface area contributed by atoms with Crippen LogP contribution in [0.2, 0.25) is 0 Å². The fourth-order valence-electron chi connectivity index (χ4n) is 0.916. The summed E-state index contributed by atoms with van der Waals surface area (Å²) in [6, 6.07) is 0. The van der Waals surface area contributed by atoms with Crippen LogP contribution in [-0.2, 0) is 14.1 Å². The number of carbonyl (C=O) groups excluding carboxylic acids is 1. The van der Waals surface area contributed by atoms with E-state index in [-0.39, 0.29) is 0 Å². The lowest BCUT2D eigenvalue weighted by molar-refractivity contribution is -0.137. The minimum Gasteiger partial charge on any atom is -0.463 e. The Morgan fingerprint density at radius 3 is 2.64 bits per heavy atom. The molecule has 0 amide bonds. The van der Waals surface area contributed by atoms with Crippen LogP contribution in [-0.4, -0.2) is 30.3 Å². The van der Waals surface area contributed by atoms with Crippen LogP contribution < -0.4 is 0 Å². The van der Waals surface area contributed by atoms with Gasteiger partial charge in [-0.15, -0.1) is 0 Å². The van der Waals surface area contributed by atoms with Crippen LogP contribution in [0.25, 0.3) is 0 Å². The van der Waals surface area contributed by atoms with Crippen molar-refractivity contribution in [1.82, 2.24) is 0 Å². The zero-order valence-corrected chi connectivity index (χ0v) is 9.33. The highest BCUT2D eigenvalue weighted by molar-refractivity contribution is 7.57. The molecule has 0 spiro atoms. The maximum atomic E-state index is 10.9. The van der Waals surface area contributed by atoms with E-state index in [1.54, 1.807) is 0 Å². The first-order chi connectivity index (χ1) is 6.45. The first-order valence-electron chi connectivity index (χ1n) is 4.54. The average molecular weight is 220 g/mol. The highest BCUT2D eigenvalue weighted by Crippen LogP contribution is 2.36. The maximum absolute atomic E-state index is 10.9. The van der Waals surface area contributed by atoms with Gasteiger partial charge in [-0.05, 0) is 19.3 Å². The standard InChI is InChI=1S/C9H17O4P/c1-3-9(10)13-7-5-4-6-8-14(2,11)12/h3H,1,4-8H2,2H3,(H,11,12). The number of hydrogen-bond donors (Lipinski definition) is 1. The highest BCUT2D eigenvalue weighted by atomic mass is 31.2. The summed E-state index contributed by atoms with van der Waals surface area (Å²) >= 11 is 0. The van der Waals surface area contributed by atoms with Gasteiger partial charge in [0.1, 0.15) is 0 Å². The first-order valence-corrected chi connectivity index (χ1v) is 6.83. The van der Waals surface area contributed by atoms with Crippen LogP contribution in [0, 0.1) is 0 Å². The lowest BCUT2D eigenvalue weighted by Crippen LogP contribution is -2.01. The molecule has 0 heterocycles. The van der Waals surface area contributed by atoms with Gasteiger partial charge in [-0.1, -0.05) is 6.58 Å². The van der Waals surface area contributed by atoms with Gasteiger partial charge in [0.15, 0.2) is 7.37 Å². The predicted octanol–water partition coefficient (Wildman–Crippen LogP) is 1.79. The highest BCUT2D eigenvalue weighted by Gasteiger charge is 2.07. The van der Waals surface area contributed by atoms with Crippen LogP contribution in [0.4, 0.5) is 0 Å². The van der Waals surface area contributed by atoms with Gasteiger partial charge < -0.3 is 9.63 Å². The molecule has 5 heteroatoms. The third kappa shape index (κ3) is 9.49. The average Bonchev–Trinajstić information content (AvgIpc) is 2.08. The molecule has 14 heavy (non-hydrogen) atoms. The van der Waals surface area contributed by atoms with Gasteiger partial charge in [-0.25, -0.2) is 4.79 Å². The molecule has 0 aromatic heterocycles. The molecule has 4 nitrogen and oxygen atoms in total. The molecule has 0 aliphatic rings. The molecular weight excluding hydrogens is 203 g/mol. The van der Waals surface area contributed by atoms with Gasteiger partial charge in [0.05, 0.1) is 6.61 Å². The number of hydrogen-bond acceptors (Lipinski definition) is 3. The summed E-state index contributed by atoms with van der Waals surface area (Å²) in [5.41, 5.74) is 0. The second-order valence-electron chi connectivity index (χ2n) is 3.21. The second-order valence-corrected chi connectivity index (χ2v) is 5.76. The zero-order valence-electron chi connectivity index (χ0n) is 8.44. The van der Waals surface area contributed by atoms with Gasteiger partial charge in [0, 0.05) is 18.9 Å². The second kappa shape index (κ2) is 6.80. The maximum Gasteiger partial charge on any atom is 0.330 e. The number of carbonyl (C=O) groups is 1. The molecule has 0 bridgehead atoms. The Hall–Kier alpha value is -0.600. The van der Waals surface area contributed by atoms with Crippen molar-refractivity contribution in [2.75, 3.05) is 19.4 Å². The van der Waals surface area contributed by atoms with E-state index in [0.29, 0.717) is 19.2 Å². The van der Waals surface area contributed by atoms with Crippen LogP contribution in [0.5, 0.6) is 0 Å². The third-order valence-corrected chi connectivity index (χ3v) is 2.77. The summed E-state index contributed by atoms with van der Waals surface area (Å²) in [5.74, 6) is -0.423. The van der Waals surface area contributed by atoms with E-state index in [2.05, 4.69) is 6.58 Å². The van der Waals surface area contributed by atoms with E-state index in [9.17, 15) is 9.36 Å². The number of esters is 1. The Labute approximate surface area is 84.4 Å². The number of rotatable bonds is 7. The molecule has 0 aromatic rings. The first kappa shape index (κ1) is 13.4. The topological polar surface area (TPSA) is 63.6 Å². The molecule has 0 rings (SSSR count). The molecule has 0 aromatic carbocycles. The van der Waals surface area contributed by atoms with Gasteiger partial charge in [0.25, 0.3) is 0 Å². The summed E-state index contributed by atoms with van der Waals surface area (Å²) < 4.78 is 15.6. The molecule has 0 radical (unpaired) electrons.